The molecule has 1 atom stereocenters. The van der Waals surface area contributed by atoms with Crippen molar-refractivity contribution < 1.29 is 9.53 Å². The number of carbonyl (C=O) groups excluding carboxylic acids is 1. The van der Waals surface area contributed by atoms with Crippen LogP contribution in [-0.2, 0) is 11.2 Å². The van der Waals surface area contributed by atoms with E-state index in [-0.39, 0.29) is 11.9 Å². The van der Waals surface area contributed by atoms with Crippen LogP contribution in [-0.4, -0.2) is 26.1 Å². The second-order valence-corrected chi connectivity index (χ2v) is 7.41. The van der Waals surface area contributed by atoms with E-state index in [1.54, 1.807) is 7.11 Å². The van der Waals surface area contributed by atoms with Gasteiger partial charge >= 0.3 is 0 Å². The molecule has 4 nitrogen and oxygen atoms in total. The highest BCUT2D eigenvalue weighted by molar-refractivity contribution is 5.79. The van der Waals surface area contributed by atoms with Crippen LogP contribution in [0.2, 0.25) is 0 Å². The van der Waals surface area contributed by atoms with E-state index >= 15 is 0 Å². The molecule has 1 saturated heterocycles. The lowest BCUT2D eigenvalue weighted by molar-refractivity contribution is -0.121. The molecule has 0 bridgehead atoms. The minimum Gasteiger partial charge on any atom is -0.496 e. The molecule has 1 aliphatic rings. The Labute approximate surface area is 162 Å². The van der Waals surface area contributed by atoms with Gasteiger partial charge in [-0.1, -0.05) is 24.3 Å². The summed E-state index contributed by atoms with van der Waals surface area (Å²) in [5.41, 5.74) is 4.46. The molecule has 1 N–H and O–H groups in total. The lowest BCUT2D eigenvalue weighted by Gasteiger charge is -2.29. The highest BCUT2D eigenvalue weighted by Gasteiger charge is 2.13. The Balaban J connectivity index is 1.56. The maximum atomic E-state index is 12.4. The van der Waals surface area contributed by atoms with Crippen molar-refractivity contribution >= 4 is 11.6 Å². The van der Waals surface area contributed by atoms with Gasteiger partial charge in [0.05, 0.1) is 19.6 Å². The van der Waals surface area contributed by atoms with E-state index in [0.717, 1.165) is 35.5 Å². The second kappa shape index (κ2) is 8.94. The van der Waals surface area contributed by atoms with Gasteiger partial charge in [-0.3, -0.25) is 4.79 Å². The quantitative estimate of drug-likeness (QED) is 0.823. The average Bonchev–Trinajstić information content (AvgIpc) is 2.69. The third-order valence-corrected chi connectivity index (χ3v) is 5.32. The molecule has 2 aromatic carbocycles. The van der Waals surface area contributed by atoms with Crippen molar-refractivity contribution in [3.8, 4) is 5.75 Å². The number of carbonyl (C=O) groups is 1. The summed E-state index contributed by atoms with van der Waals surface area (Å²) in [6, 6.07) is 14.5. The first-order valence-electron chi connectivity index (χ1n) is 9.84. The van der Waals surface area contributed by atoms with Crippen molar-refractivity contribution in [2.75, 3.05) is 25.1 Å². The first-order valence-corrected chi connectivity index (χ1v) is 9.84. The van der Waals surface area contributed by atoms with Gasteiger partial charge < -0.3 is 15.0 Å². The summed E-state index contributed by atoms with van der Waals surface area (Å²) in [4.78, 5) is 14.9. The van der Waals surface area contributed by atoms with Gasteiger partial charge in [0.2, 0.25) is 5.91 Å². The van der Waals surface area contributed by atoms with Crippen molar-refractivity contribution in [3.05, 3.63) is 59.2 Å². The van der Waals surface area contributed by atoms with Crippen LogP contribution in [0.4, 0.5) is 5.69 Å². The van der Waals surface area contributed by atoms with Crippen LogP contribution in [0.1, 0.15) is 48.9 Å². The Bertz CT molecular complexity index is 764. The summed E-state index contributed by atoms with van der Waals surface area (Å²) in [6.45, 7) is 6.32. The summed E-state index contributed by atoms with van der Waals surface area (Å²) in [5.74, 6) is 0.883. The number of amides is 1. The number of methoxy groups -OCH3 is 1. The van der Waals surface area contributed by atoms with Crippen molar-refractivity contribution in [1.82, 2.24) is 5.32 Å². The van der Waals surface area contributed by atoms with Crippen molar-refractivity contribution in [2.45, 2.75) is 45.6 Å². The van der Waals surface area contributed by atoms with Gasteiger partial charge in [0.25, 0.3) is 0 Å². The Morgan fingerprint density at radius 2 is 1.81 bits per heavy atom. The Morgan fingerprint density at radius 1 is 1.11 bits per heavy atom. The zero-order valence-electron chi connectivity index (χ0n) is 16.6. The summed E-state index contributed by atoms with van der Waals surface area (Å²) >= 11 is 0. The molecule has 1 fully saturated rings. The average molecular weight is 367 g/mol. The topological polar surface area (TPSA) is 41.6 Å². The number of benzene rings is 2. The normalized spacial score (nSPS) is 15.3. The number of anilines is 1. The molecular formula is C23H30N2O2. The first-order chi connectivity index (χ1) is 13.1. The molecule has 0 aromatic heterocycles. The number of hydrogen-bond donors (Lipinski definition) is 1. The molecule has 2 aromatic rings. The standard InChI is InChI=1S/C23H30N2O2/c1-17-15-19(7-12-22(17)27-3)16-23(26)24-18(2)20-8-10-21(11-9-20)25-13-5-4-6-14-25/h7-12,15,18H,4-6,13-14,16H2,1-3H3,(H,24,26)/t18-/m0/s1. The zero-order valence-corrected chi connectivity index (χ0v) is 16.6. The maximum Gasteiger partial charge on any atom is 0.224 e. The molecule has 3 rings (SSSR count). The predicted molar refractivity (Wildman–Crippen MR) is 110 cm³/mol. The van der Waals surface area contributed by atoms with Gasteiger partial charge in [0.1, 0.15) is 5.75 Å². The molecule has 0 radical (unpaired) electrons. The molecule has 27 heavy (non-hydrogen) atoms. The smallest absolute Gasteiger partial charge is 0.224 e. The second-order valence-electron chi connectivity index (χ2n) is 7.41. The van der Waals surface area contributed by atoms with Crippen LogP contribution in [0.15, 0.2) is 42.5 Å². The summed E-state index contributed by atoms with van der Waals surface area (Å²) in [5, 5.41) is 3.11. The first kappa shape index (κ1) is 19.3. The number of rotatable bonds is 6. The van der Waals surface area contributed by atoms with Crippen LogP contribution in [0, 0.1) is 6.92 Å². The summed E-state index contributed by atoms with van der Waals surface area (Å²) in [7, 11) is 1.66. The summed E-state index contributed by atoms with van der Waals surface area (Å²) in [6.07, 6.45) is 4.27. The lowest BCUT2D eigenvalue weighted by atomic mass is 10.0. The molecular weight excluding hydrogens is 336 g/mol. The lowest BCUT2D eigenvalue weighted by Crippen LogP contribution is -2.30. The number of piperidine rings is 1. The van der Waals surface area contributed by atoms with Crippen LogP contribution in [0.3, 0.4) is 0 Å². The molecule has 1 amide bonds. The van der Waals surface area contributed by atoms with Gasteiger partial charge in [-0.05, 0) is 68.0 Å². The fourth-order valence-electron chi connectivity index (χ4n) is 3.74. The Kier molecular flexibility index (Phi) is 6.38. The molecule has 0 unspecified atom stereocenters. The van der Waals surface area contributed by atoms with E-state index in [1.807, 2.05) is 32.0 Å². The van der Waals surface area contributed by atoms with Gasteiger partial charge in [-0.25, -0.2) is 0 Å². The van der Waals surface area contributed by atoms with Gasteiger partial charge in [-0.2, -0.15) is 0 Å². The van der Waals surface area contributed by atoms with Crippen LogP contribution in [0.5, 0.6) is 5.75 Å². The monoisotopic (exact) mass is 366 g/mol. The van der Waals surface area contributed by atoms with E-state index in [4.69, 9.17) is 4.74 Å². The molecule has 0 spiro atoms. The molecule has 0 saturated carbocycles. The van der Waals surface area contributed by atoms with Gasteiger partial charge in [-0.15, -0.1) is 0 Å². The Morgan fingerprint density at radius 3 is 2.44 bits per heavy atom. The number of ether oxygens (including phenoxy) is 1. The predicted octanol–water partition coefficient (Wildman–Crippen LogP) is 4.41. The minimum absolute atomic E-state index is 0.00717. The fraction of sp³-hybridized carbons (Fsp3) is 0.435. The minimum atomic E-state index is -0.00717. The zero-order chi connectivity index (χ0) is 19.2. The molecule has 0 aliphatic carbocycles. The van der Waals surface area contributed by atoms with Gasteiger partial charge in [0.15, 0.2) is 0 Å². The van der Waals surface area contributed by atoms with E-state index in [1.165, 1.54) is 24.9 Å². The van der Waals surface area contributed by atoms with Crippen LogP contribution < -0.4 is 15.0 Å². The third kappa shape index (κ3) is 5.03. The number of aryl methyl sites for hydroxylation is 1. The fourth-order valence-corrected chi connectivity index (χ4v) is 3.74. The van der Waals surface area contributed by atoms with Crippen LogP contribution in [0.25, 0.3) is 0 Å². The van der Waals surface area contributed by atoms with Crippen molar-refractivity contribution in [1.29, 1.82) is 0 Å². The van der Waals surface area contributed by atoms with E-state index in [9.17, 15) is 4.79 Å². The van der Waals surface area contributed by atoms with E-state index < -0.39 is 0 Å². The number of nitrogens with one attached hydrogen (secondary N) is 1. The third-order valence-electron chi connectivity index (χ3n) is 5.32. The maximum absolute atomic E-state index is 12.4. The van der Waals surface area contributed by atoms with Crippen molar-refractivity contribution in [2.24, 2.45) is 0 Å². The largest absolute Gasteiger partial charge is 0.496 e. The SMILES string of the molecule is COc1ccc(CC(=O)N[C@@H](C)c2ccc(N3CCCCC3)cc2)cc1C. The van der Waals surface area contributed by atoms with Crippen molar-refractivity contribution in [3.63, 3.8) is 0 Å². The number of hydrogen-bond acceptors (Lipinski definition) is 3. The molecule has 1 aliphatic heterocycles. The van der Waals surface area contributed by atoms with Crippen LogP contribution >= 0.6 is 0 Å². The Hall–Kier alpha value is -2.49. The van der Waals surface area contributed by atoms with Gasteiger partial charge in [0, 0.05) is 18.8 Å². The highest BCUT2D eigenvalue weighted by Crippen LogP contribution is 2.23. The molecule has 1 heterocycles. The highest BCUT2D eigenvalue weighted by atomic mass is 16.5. The molecule has 144 valence electrons. The van der Waals surface area contributed by atoms with E-state index in [0.29, 0.717) is 6.42 Å². The molecule has 4 heteroatoms. The number of nitrogens with zero attached hydrogens (tertiary/aromatic N) is 1. The summed E-state index contributed by atoms with van der Waals surface area (Å²) < 4.78 is 5.28. The van der Waals surface area contributed by atoms with E-state index in [2.05, 4.69) is 34.5 Å².